The predicted octanol–water partition coefficient (Wildman–Crippen LogP) is 4.38. The summed E-state index contributed by atoms with van der Waals surface area (Å²) >= 11 is 0. The zero-order chi connectivity index (χ0) is 11.7. The van der Waals surface area contributed by atoms with Crippen LogP contribution < -0.4 is 5.32 Å². The van der Waals surface area contributed by atoms with Gasteiger partial charge in [-0.3, -0.25) is 0 Å². The van der Waals surface area contributed by atoms with Gasteiger partial charge >= 0.3 is 0 Å². The van der Waals surface area contributed by atoms with Gasteiger partial charge in [-0.2, -0.15) is 0 Å². The van der Waals surface area contributed by atoms with Crippen molar-refractivity contribution in [1.29, 1.82) is 0 Å². The van der Waals surface area contributed by atoms with Crippen molar-refractivity contribution in [1.82, 2.24) is 0 Å². The fourth-order valence-electron chi connectivity index (χ4n) is 3.24. The van der Waals surface area contributed by atoms with Crippen molar-refractivity contribution >= 4 is 5.69 Å². The van der Waals surface area contributed by atoms with Crippen LogP contribution in [0.25, 0.3) is 0 Å². The van der Waals surface area contributed by atoms with E-state index < -0.39 is 0 Å². The molecule has 0 aromatic heterocycles. The summed E-state index contributed by atoms with van der Waals surface area (Å²) in [5, 5.41) is 3.72. The molecule has 17 heavy (non-hydrogen) atoms. The average molecular weight is 229 g/mol. The fraction of sp³-hybridized carbons (Fsp3) is 0.625. The van der Waals surface area contributed by atoms with Crippen molar-refractivity contribution in [3.63, 3.8) is 0 Å². The van der Waals surface area contributed by atoms with Crippen LogP contribution in [0, 0.1) is 18.8 Å². The first-order valence-electron chi connectivity index (χ1n) is 7.14. The molecule has 0 bridgehead atoms. The molecule has 2 unspecified atom stereocenters. The Hall–Kier alpha value is -0.980. The maximum absolute atomic E-state index is 3.72. The quantitative estimate of drug-likeness (QED) is 0.811. The van der Waals surface area contributed by atoms with Crippen LogP contribution in [0.2, 0.25) is 0 Å². The summed E-state index contributed by atoms with van der Waals surface area (Å²) in [7, 11) is 0. The number of rotatable bonds is 3. The van der Waals surface area contributed by atoms with Gasteiger partial charge in [-0.15, -0.1) is 0 Å². The highest BCUT2D eigenvalue weighted by Gasteiger charge is 2.34. The molecule has 1 aromatic carbocycles. The molecule has 0 aliphatic heterocycles. The van der Waals surface area contributed by atoms with Gasteiger partial charge in [0.05, 0.1) is 0 Å². The molecule has 1 heteroatoms. The molecule has 1 nitrogen and oxygen atoms in total. The van der Waals surface area contributed by atoms with Crippen molar-refractivity contribution in [2.45, 2.75) is 51.5 Å². The molecule has 1 N–H and O–H groups in total. The first kappa shape index (κ1) is 11.1. The number of hydrogen-bond donors (Lipinski definition) is 1. The van der Waals surface area contributed by atoms with E-state index in [4.69, 9.17) is 0 Å². The van der Waals surface area contributed by atoms with Crippen LogP contribution in [0.5, 0.6) is 0 Å². The molecule has 0 heterocycles. The topological polar surface area (TPSA) is 12.0 Å². The summed E-state index contributed by atoms with van der Waals surface area (Å²) in [5.41, 5.74) is 2.65. The van der Waals surface area contributed by atoms with Crippen molar-refractivity contribution < 1.29 is 0 Å². The van der Waals surface area contributed by atoms with Gasteiger partial charge in [0.15, 0.2) is 0 Å². The third kappa shape index (κ3) is 2.83. The normalized spacial score (nSPS) is 29.0. The minimum Gasteiger partial charge on any atom is -0.382 e. The van der Waals surface area contributed by atoms with Gasteiger partial charge in [0.1, 0.15) is 0 Å². The van der Waals surface area contributed by atoms with Crippen LogP contribution in [0.1, 0.15) is 44.1 Å². The third-order valence-electron chi connectivity index (χ3n) is 4.43. The largest absolute Gasteiger partial charge is 0.382 e. The third-order valence-corrected chi connectivity index (χ3v) is 4.43. The lowest BCUT2D eigenvalue weighted by atomic mass is 9.82. The summed E-state index contributed by atoms with van der Waals surface area (Å²) in [6.45, 7) is 2.15. The second-order valence-electron chi connectivity index (χ2n) is 5.97. The van der Waals surface area contributed by atoms with Gasteiger partial charge in [0.25, 0.3) is 0 Å². The fourth-order valence-corrected chi connectivity index (χ4v) is 3.24. The van der Waals surface area contributed by atoms with E-state index in [1.165, 1.54) is 49.8 Å². The first-order chi connectivity index (χ1) is 8.31. The lowest BCUT2D eigenvalue weighted by molar-refractivity contribution is 0.303. The van der Waals surface area contributed by atoms with Gasteiger partial charge in [0.2, 0.25) is 0 Å². The molecular formula is C16H23N. The molecule has 0 amide bonds. The molecule has 0 radical (unpaired) electrons. The first-order valence-corrected chi connectivity index (χ1v) is 7.14. The number of hydrogen-bond acceptors (Lipinski definition) is 1. The van der Waals surface area contributed by atoms with E-state index in [0.717, 1.165) is 17.9 Å². The second kappa shape index (κ2) is 4.72. The van der Waals surface area contributed by atoms with Gasteiger partial charge in [-0.1, -0.05) is 30.5 Å². The van der Waals surface area contributed by atoms with Crippen LogP contribution in [0.15, 0.2) is 24.3 Å². The summed E-state index contributed by atoms with van der Waals surface area (Å²) in [6.07, 6.45) is 8.67. The van der Waals surface area contributed by atoms with E-state index in [9.17, 15) is 0 Å². The van der Waals surface area contributed by atoms with Gasteiger partial charge in [-0.05, 0) is 56.6 Å². The lowest BCUT2D eigenvalue weighted by Gasteiger charge is -2.30. The summed E-state index contributed by atoms with van der Waals surface area (Å²) in [4.78, 5) is 0. The zero-order valence-corrected chi connectivity index (χ0v) is 10.8. The van der Waals surface area contributed by atoms with Crippen LogP contribution in [-0.4, -0.2) is 6.04 Å². The Labute approximate surface area is 105 Å². The van der Waals surface area contributed by atoms with Crippen LogP contribution in [0.3, 0.4) is 0 Å². The maximum atomic E-state index is 3.72. The number of aryl methyl sites for hydroxylation is 1. The van der Waals surface area contributed by atoms with Crippen molar-refractivity contribution in [3.05, 3.63) is 29.8 Å². The second-order valence-corrected chi connectivity index (χ2v) is 5.97. The molecule has 0 saturated heterocycles. The molecule has 2 saturated carbocycles. The van der Waals surface area contributed by atoms with Gasteiger partial charge in [0, 0.05) is 11.7 Å². The van der Waals surface area contributed by atoms with E-state index in [1.807, 2.05) is 0 Å². The molecule has 2 atom stereocenters. The Kier molecular flexibility index (Phi) is 3.09. The molecule has 1 aromatic rings. The Morgan fingerprint density at radius 2 is 1.71 bits per heavy atom. The monoisotopic (exact) mass is 229 g/mol. The maximum Gasteiger partial charge on any atom is 0.0342 e. The van der Waals surface area contributed by atoms with Crippen LogP contribution >= 0.6 is 0 Å². The molecule has 0 spiro atoms. The highest BCUT2D eigenvalue weighted by molar-refractivity contribution is 5.45. The number of benzene rings is 1. The minimum atomic E-state index is 0.719. The van der Waals surface area contributed by atoms with E-state index in [1.54, 1.807) is 0 Å². The molecular weight excluding hydrogens is 206 g/mol. The highest BCUT2D eigenvalue weighted by Crippen LogP contribution is 2.44. The van der Waals surface area contributed by atoms with Gasteiger partial charge < -0.3 is 5.32 Å². The van der Waals surface area contributed by atoms with Crippen LogP contribution in [-0.2, 0) is 0 Å². The predicted molar refractivity (Wildman–Crippen MR) is 73.3 cm³/mol. The average Bonchev–Trinajstić information content (AvgIpc) is 3.17. The smallest absolute Gasteiger partial charge is 0.0342 e. The molecule has 2 aliphatic carbocycles. The molecule has 92 valence electrons. The summed E-state index contributed by atoms with van der Waals surface area (Å²) < 4.78 is 0. The van der Waals surface area contributed by atoms with Crippen molar-refractivity contribution in [2.24, 2.45) is 11.8 Å². The van der Waals surface area contributed by atoms with E-state index >= 15 is 0 Å². The Balaban J connectivity index is 1.58. The molecule has 2 aliphatic rings. The number of anilines is 1. The lowest BCUT2D eigenvalue weighted by Crippen LogP contribution is -2.28. The SMILES string of the molecule is Cc1ccc(NC2CCCC(C3CC3)C2)cc1. The Bertz CT molecular complexity index is 364. The summed E-state index contributed by atoms with van der Waals surface area (Å²) in [6, 6.07) is 9.55. The Morgan fingerprint density at radius 3 is 2.41 bits per heavy atom. The van der Waals surface area contributed by atoms with Crippen molar-refractivity contribution in [3.8, 4) is 0 Å². The van der Waals surface area contributed by atoms with E-state index in [-0.39, 0.29) is 0 Å². The summed E-state index contributed by atoms with van der Waals surface area (Å²) in [5.74, 6) is 2.10. The highest BCUT2D eigenvalue weighted by atomic mass is 14.9. The molecule has 2 fully saturated rings. The molecule has 3 rings (SSSR count). The van der Waals surface area contributed by atoms with Crippen molar-refractivity contribution in [2.75, 3.05) is 5.32 Å². The van der Waals surface area contributed by atoms with E-state index in [2.05, 4.69) is 36.5 Å². The van der Waals surface area contributed by atoms with Crippen LogP contribution in [0.4, 0.5) is 5.69 Å². The zero-order valence-electron chi connectivity index (χ0n) is 10.8. The Morgan fingerprint density at radius 1 is 0.941 bits per heavy atom. The standard InChI is InChI=1S/C16H23N/c1-12-5-9-15(10-6-12)17-16-4-2-3-14(11-16)13-7-8-13/h5-6,9-10,13-14,16-17H,2-4,7-8,11H2,1H3. The van der Waals surface area contributed by atoms with Gasteiger partial charge in [-0.25, -0.2) is 0 Å². The minimum absolute atomic E-state index is 0.719. The van der Waals surface area contributed by atoms with E-state index in [0.29, 0.717) is 0 Å². The number of nitrogens with one attached hydrogen (secondary N) is 1.